The van der Waals surface area contributed by atoms with E-state index >= 15 is 0 Å². The monoisotopic (exact) mass is 612 g/mol. The zero-order valence-corrected chi connectivity index (χ0v) is 27.2. The average Bonchev–Trinajstić information content (AvgIpc) is 3.72. The highest BCUT2D eigenvalue weighted by atomic mass is 19.3. The molecule has 2 aliphatic heterocycles. The lowest BCUT2D eigenvalue weighted by atomic mass is 9.81. The first-order chi connectivity index (χ1) is 21.5. The van der Waals surface area contributed by atoms with Crippen molar-refractivity contribution in [1.82, 2.24) is 20.2 Å². The van der Waals surface area contributed by atoms with Gasteiger partial charge in [-0.2, -0.15) is 0 Å². The molecule has 2 aliphatic rings. The van der Waals surface area contributed by atoms with Crippen LogP contribution in [-0.4, -0.2) is 45.9 Å². The molecule has 238 valence electrons. The molecule has 6 rings (SSSR count). The number of aryl methyl sites for hydroxylation is 2. The van der Waals surface area contributed by atoms with Crippen molar-refractivity contribution in [2.75, 3.05) is 13.1 Å². The number of halogens is 2. The normalized spacial score (nSPS) is 19.0. The fourth-order valence-electron chi connectivity index (χ4n) is 7.75. The molecule has 2 aromatic heterocycles. The lowest BCUT2D eigenvalue weighted by molar-refractivity contribution is -0.137. The van der Waals surface area contributed by atoms with E-state index in [-0.39, 0.29) is 23.8 Å². The molecule has 2 N–H and O–H groups in total. The number of nitrogens with one attached hydrogen (secondary N) is 2. The molecule has 2 fully saturated rings. The molecule has 45 heavy (non-hydrogen) atoms. The Hall–Kier alpha value is -3.58. The van der Waals surface area contributed by atoms with Gasteiger partial charge in [0.15, 0.2) is 0 Å². The number of hydrogen-bond acceptors (Lipinski definition) is 3. The second-order valence-corrected chi connectivity index (χ2v) is 14.0. The van der Waals surface area contributed by atoms with E-state index in [4.69, 9.17) is 0 Å². The van der Waals surface area contributed by atoms with E-state index in [1.165, 1.54) is 41.2 Å². The molecular weight excluding hydrogens is 566 g/mol. The predicted octanol–water partition coefficient (Wildman–Crippen LogP) is 8.54. The molecule has 7 heteroatoms. The van der Waals surface area contributed by atoms with Crippen LogP contribution < -0.4 is 5.32 Å². The van der Waals surface area contributed by atoms with Crippen molar-refractivity contribution in [2.24, 2.45) is 0 Å². The topological polar surface area (TPSA) is 61.0 Å². The lowest BCUT2D eigenvalue weighted by Gasteiger charge is -2.33. The summed E-state index contributed by atoms with van der Waals surface area (Å²) in [6.45, 7) is 11.7. The number of rotatable bonds is 11. The number of aromatic nitrogens is 2. The summed E-state index contributed by atoms with van der Waals surface area (Å²) >= 11 is 0. The number of carbonyl (C=O) groups excluding carboxylic acids is 1. The van der Waals surface area contributed by atoms with Gasteiger partial charge in [0, 0.05) is 53.9 Å². The minimum atomic E-state index is -2.88. The molecule has 5 nitrogen and oxygen atoms in total. The number of aromatic amines is 1. The zero-order valence-electron chi connectivity index (χ0n) is 27.2. The molecule has 0 spiro atoms. The van der Waals surface area contributed by atoms with Gasteiger partial charge in [-0.25, -0.2) is 8.78 Å². The molecule has 1 amide bonds. The van der Waals surface area contributed by atoms with E-state index in [0.29, 0.717) is 31.6 Å². The summed E-state index contributed by atoms with van der Waals surface area (Å²) in [4.78, 5) is 23.8. The van der Waals surface area contributed by atoms with Gasteiger partial charge < -0.3 is 15.2 Å². The third-order valence-electron chi connectivity index (χ3n) is 10.2. The van der Waals surface area contributed by atoms with E-state index in [1.807, 2.05) is 0 Å². The van der Waals surface area contributed by atoms with E-state index in [2.05, 4.69) is 91.2 Å². The summed E-state index contributed by atoms with van der Waals surface area (Å²) in [7, 11) is 0. The second-order valence-electron chi connectivity index (χ2n) is 14.0. The molecule has 0 aliphatic carbocycles. The Morgan fingerprint density at radius 3 is 2.27 bits per heavy atom. The summed E-state index contributed by atoms with van der Waals surface area (Å²) in [6.07, 6.45) is 7.46. The fourth-order valence-corrected chi connectivity index (χ4v) is 7.75. The first kappa shape index (κ1) is 31.4. The predicted molar refractivity (Wildman–Crippen MR) is 178 cm³/mol. The third kappa shape index (κ3) is 6.16. The van der Waals surface area contributed by atoms with Crippen molar-refractivity contribution in [3.63, 3.8) is 0 Å². The molecule has 4 heterocycles. The van der Waals surface area contributed by atoms with Crippen molar-refractivity contribution >= 4 is 16.8 Å². The van der Waals surface area contributed by atoms with Crippen LogP contribution in [0.1, 0.15) is 93.0 Å². The zero-order chi connectivity index (χ0) is 31.9. The van der Waals surface area contributed by atoms with E-state index in [9.17, 15) is 13.6 Å². The number of H-pyrrole nitrogens is 1. The smallest absolute Gasteiger partial charge is 0.273 e. The van der Waals surface area contributed by atoms with E-state index in [1.54, 1.807) is 0 Å². The summed E-state index contributed by atoms with van der Waals surface area (Å²) in [5.41, 5.74) is 7.23. The van der Waals surface area contributed by atoms with Crippen LogP contribution in [0.5, 0.6) is 0 Å². The molecule has 1 unspecified atom stereocenters. The van der Waals surface area contributed by atoms with Gasteiger partial charge in [0.25, 0.3) is 5.92 Å². The Labute approximate surface area is 265 Å². The highest BCUT2D eigenvalue weighted by Gasteiger charge is 2.47. The van der Waals surface area contributed by atoms with Crippen molar-refractivity contribution in [3.05, 3.63) is 88.7 Å². The summed E-state index contributed by atoms with van der Waals surface area (Å²) in [5, 5.41) is 4.58. The SMILES string of the molecule is Cc1cc(C)cc(-c2[nH]c3ccc(C(C)(C)C(=O)N4C5CCC4CC5)cc3c2C(C)CNCCCC(F)(F)c2ccncc2)c1. The number of pyridine rings is 1. The van der Waals surface area contributed by atoms with Crippen LogP contribution >= 0.6 is 0 Å². The van der Waals surface area contributed by atoms with Crippen LogP contribution in [0, 0.1) is 13.8 Å². The maximum atomic E-state index is 14.7. The molecule has 0 saturated carbocycles. The lowest BCUT2D eigenvalue weighted by Crippen LogP contribution is -2.45. The third-order valence-corrected chi connectivity index (χ3v) is 10.2. The highest BCUT2D eigenvalue weighted by Crippen LogP contribution is 2.43. The number of fused-ring (bicyclic) bond motifs is 3. The van der Waals surface area contributed by atoms with Crippen LogP contribution in [0.4, 0.5) is 8.78 Å². The second kappa shape index (κ2) is 12.3. The van der Waals surface area contributed by atoms with Crippen LogP contribution in [0.15, 0.2) is 60.9 Å². The van der Waals surface area contributed by atoms with Gasteiger partial charge in [-0.1, -0.05) is 30.2 Å². The Morgan fingerprint density at radius 2 is 1.62 bits per heavy atom. The van der Waals surface area contributed by atoms with Gasteiger partial charge in [0.05, 0.1) is 11.1 Å². The van der Waals surface area contributed by atoms with Crippen molar-refractivity contribution in [2.45, 2.75) is 102 Å². The summed E-state index contributed by atoms with van der Waals surface area (Å²) in [5.74, 6) is -2.55. The molecule has 0 radical (unpaired) electrons. The van der Waals surface area contributed by atoms with Gasteiger partial charge in [-0.05, 0) is 125 Å². The Balaban J connectivity index is 1.26. The molecule has 2 saturated heterocycles. The molecule has 2 aromatic carbocycles. The highest BCUT2D eigenvalue weighted by molar-refractivity contribution is 5.95. The molecule has 4 aromatic rings. The largest absolute Gasteiger partial charge is 0.354 e. The number of carbonyl (C=O) groups is 1. The Bertz CT molecular complexity index is 1640. The summed E-state index contributed by atoms with van der Waals surface area (Å²) in [6, 6.07) is 16.6. The minimum absolute atomic E-state index is 0.0114. The van der Waals surface area contributed by atoms with Gasteiger partial charge in [-0.3, -0.25) is 9.78 Å². The Morgan fingerprint density at radius 1 is 0.978 bits per heavy atom. The molecule has 1 atom stereocenters. The van der Waals surface area contributed by atoms with Crippen molar-refractivity contribution in [3.8, 4) is 11.3 Å². The fraction of sp³-hybridized carbons (Fsp3) is 0.474. The van der Waals surface area contributed by atoms with E-state index < -0.39 is 11.3 Å². The van der Waals surface area contributed by atoms with Gasteiger partial charge in [0.1, 0.15) is 0 Å². The number of amides is 1. The average molecular weight is 613 g/mol. The first-order valence-electron chi connectivity index (χ1n) is 16.5. The number of alkyl halides is 2. The van der Waals surface area contributed by atoms with Gasteiger partial charge in [0.2, 0.25) is 5.91 Å². The van der Waals surface area contributed by atoms with Crippen molar-refractivity contribution < 1.29 is 13.6 Å². The molecule has 2 bridgehead atoms. The minimum Gasteiger partial charge on any atom is -0.354 e. The summed E-state index contributed by atoms with van der Waals surface area (Å²) < 4.78 is 29.4. The van der Waals surface area contributed by atoms with Crippen LogP contribution in [0.2, 0.25) is 0 Å². The van der Waals surface area contributed by atoms with Crippen LogP contribution in [-0.2, 0) is 16.1 Å². The van der Waals surface area contributed by atoms with Crippen LogP contribution in [0.3, 0.4) is 0 Å². The van der Waals surface area contributed by atoms with Gasteiger partial charge in [-0.15, -0.1) is 0 Å². The number of benzene rings is 2. The number of nitrogens with zero attached hydrogens (tertiary/aromatic N) is 2. The maximum absolute atomic E-state index is 14.7. The van der Waals surface area contributed by atoms with Crippen molar-refractivity contribution in [1.29, 1.82) is 0 Å². The maximum Gasteiger partial charge on any atom is 0.273 e. The van der Waals surface area contributed by atoms with Crippen LogP contribution in [0.25, 0.3) is 22.2 Å². The molecular formula is C38H46F2N4O. The standard InChI is InChI=1S/C38H46F2N4O/c1-24-19-25(2)21-27(20-24)35-34(26(3)23-42-16-6-15-38(39,40)28-13-17-41-18-14-28)32-22-29(7-12-33(32)43-35)37(4,5)36(45)44-30-8-9-31(44)11-10-30/h7,12-14,17-22,26,30-31,42-43H,6,8-11,15-16,23H2,1-5H3. The van der Waals surface area contributed by atoms with Gasteiger partial charge >= 0.3 is 0 Å². The number of hydrogen-bond donors (Lipinski definition) is 2. The quantitative estimate of drug-likeness (QED) is 0.167. The van der Waals surface area contributed by atoms with E-state index in [0.717, 1.165) is 53.4 Å². The first-order valence-corrected chi connectivity index (χ1v) is 16.5. The Kier molecular flexibility index (Phi) is 8.59.